The Morgan fingerprint density at radius 2 is 1.65 bits per heavy atom. The zero-order valence-electron chi connectivity index (χ0n) is 9.04. The molecule has 0 spiro atoms. The number of rotatable bonds is 1. The normalized spacial score (nSPS) is 10.3. The highest BCUT2D eigenvalue weighted by Gasteiger charge is 2.10. The number of hydrogen-bond donors (Lipinski definition) is 0. The van der Waals surface area contributed by atoms with Crippen LogP contribution in [0.3, 0.4) is 0 Å². The van der Waals surface area contributed by atoms with E-state index >= 15 is 0 Å². The summed E-state index contributed by atoms with van der Waals surface area (Å²) < 4.78 is 1.36. The SMILES string of the molecule is N#Cn1nc(-c2ccccc2)c2ccccc21. The van der Waals surface area contributed by atoms with Gasteiger partial charge in [0.1, 0.15) is 5.69 Å². The van der Waals surface area contributed by atoms with Gasteiger partial charge in [-0.3, -0.25) is 0 Å². The fourth-order valence-electron chi connectivity index (χ4n) is 1.95. The fourth-order valence-corrected chi connectivity index (χ4v) is 1.95. The lowest BCUT2D eigenvalue weighted by atomic mass is 10.1. The maximum atomic E-state index is 9.05. The molecule has 3 nitrogen and oxygen atoms in total. The Morgan fingerprint density at radius 3 is 2.41 bits per heavy atom. The van der Waals surface area contributed by atoms with Gasteiger partial charge in [-0.05, 0) is 6.07 Å². The number of nitrogens with zero attached hydrogens (tertiary/aromatic N) is 3. The summed E-state index contributed by atoms with van der Waals surface area (Å²) in [6, 6.07) is 17.6. The molecule has 3 aromatic rings. The second-order valence-electron chi connectivity index (χ2n) is 3.74. The fraction of sp³-hybridized carbons (Fsp3) is 0. The summed E-state index contributed by atoms with van der Waals surface area (Å²) in [6.07, 6.45) is 2.07. The van der Waals surface area contributed by atoms with Crippen molar-refractivity contribution >= 4 is 10.9 Å². The van der Waals surface area contributed by atoms with Crippen LogP contribution in [-0.4, -0.2) is 9.78 Å². The molecule has 0 aliphatic heterocycles. The molecule has 0 bridgehead atoms. The molecule has 17 heavy (non-hydrogen) atoms. The molecule has 0 atom stereocenters. The summed E-state index contributed by atoms with van der Waals surface area (Å²) in [7, 11) is 0. The van der Waals surface area contributed by atoms with Crippen LogP contribution >= 0.6 is 0 Å². The van der Waals surface area contributed by atoms with E-state index in [4.69, 9.17) is 5.26 Å². The van der Waals surface area contributed by atoms with Crippen molar-refractivity contribution in [2.45, 2.75) is 0 Å². The minimum atomic E-state index is 0.842. The second-order valence-corrected chi connectivity index (χ2v) is 3.74. The number of nitriles is 1. The van der Waals surface area contributed by atoms with Crippen molar-refractivity contribution in [2.75, 3.05) is 0 Å². The molecule has 1 heterocycles. The molecule has 3 heteroatoms. The zero-order valence-corrected chi connectivity index (χ0v) is 9.04. The molecule has 80 valence electrons. The van der Waals surface area contributed by atoms with Crippen LogP contribution in [0.1, 0.15) is 0 Å². The van der Waals surface area contributed by atoms with Gasteiger partial charge in [0.15, 0.2) is 0 Å². The van der Waals surface area contributed by atoms with Crippen molar-refractivity contribution in [2.24, 2.45) is 0 Å². The van der Waals surface area contributed by atoms with E-state index < -0.39 is 0 Å². The van der Waals surface area contributed by atoms with Crippen molar-refractivity contribution < 1.29 is 0 Å². The number of hydrogen-bond acceptors (Lipinski definition) is 2. The first kappa shape index (κ1) is 9.61. The van der Waals surface area contributed by atoms with Crippen LogP contribution in [-0.2, 0) is 0 Å². The van der Waals surface area contributed by atoms with E-state index in [0.29, 0.717) is 0 Å². The molecule has 0 unspecified atom stereocenters. The highest BCUT2D eigenvalue weighted by atomic mass is 15.3. The Morgan fingerprint density at radius 1 is 0.941 bits per heavy atom. The van der Waals surface area contributed by atoms with Crippen LogP contribution in [0.4, 0.5) is 0 Å². The standard InChI is InChI=1S/C14H9N3/c15-10-17-13-9-5-4-8-12(13)14(16-17)11-6-2-1-3-7-11/h1-9H. The molecular formula is C14H9N3. The largest absolute Gasteiger partial charge is 0.206 e. The third kappa shape index (κ3) is 1.47. The molecule has 0 aliphatic rings. The quantitative estimate of drug-likeness (QED) is 0.631. The van der Waals surface area contributed by atoms with Crippen LogP contribution in [0, 0.1) is 11.5 Å². The van der Waals surface area contributed by atoms with E-state index in [1.807, 2.05) is 54.6 Å². The maximum absolute atomic E-state index is 9.05. The van der Waals surface area contributed by atoms with E-state index in [-0.39, 0.29) is 0 Å². The van der Waals surface area contributed by atoms with Gasteiger partial charge in [-0.25, -0.2) is 0 Å². The number of benzene rings is 2. The van der Waals surface area contributed by atoms with Crippen LogP contribution in [0.25, 0.3) is 22.2 Å². The summed E-state index contributed by atoms with van der Waals surface area (Å²) in [4.78, 5) is 0. The third-order valence-electron chi connectivity index (χ3n) is 2.73. The van der Waals surface area contributed by atoms with E-state index in [9.17, 15) is 0 Å². The average molecular weight is 219 g/mol. The van der Waals surface area contributed by atoms with E-state index in [2.05, 4.69) is 11.3 Å². The monoisotopic (exact) mass is 219 g/mol. The lowest BCUT2D eigenvalue weighted by Crippen LogP contribution is -1.89. The van der Waals surface area contributed by atoms with E-state index in [1.165, 1.54) is 4.68 Å². The van der Waals surface area contributed by atoms with Gasteiger partial charge in [0, 0.05) is 10.9 Å². The van der Waals surface area contributed by atoms with E-state index in [1.54, 1.807) is 0 Å². The predicted octanol–water partition coefficient (Wildman–Crippen LogP) is 3.03. The Hall–Kier alpha value is -2.60. The van der Waals surface area contributed by atoms with Crippen molar-refractivity contribution in [3.05, 3.63) is 54.6 Å². The lowest BCUT2D eigenvalue weighted by Gasteiger charge is -1.95. The molecule has 0 N–H and O–H groups in total. The molecule has 3 rings (SSSR count). The zero-order chi connectivity index (χ0) is 11.7. The Labute approximate surface area is 98.5 Å². The molecule has 0 saturated carbocycles. The molecule has 1 aromatic heterocycles. The molecule has 0 amide bonds. The Bertz CT molecular complexity index is 705. The highest BCUT2D eigenvalue weighted by molar-refractivity contribution is 5.93. The summed E-state index contributed by atoms with van der Waals surface area (Å²) >= 11 is 0. The first-order chi connectivity index (χ1) is 8.40. The highest BCUT2D eigenvalue weighted by Crippen LogP contribution is 2.26. The van der Waals surface area contributed by atoms with Crippen LogP contribution in [0.15, 0.2) is 54.6 Å². The van der Waals surface area contributed by atoms with Crippen molar-refractivity contribution in [1.82, 2.24) is 9.78 Å². The third-order valence-corrected chi connectivity index (χ3v) is 2.73. The van der Waals surface area contributed by atoms with Crippen molar-refractivity contribution in [1.29, 1.82) is 5.26 Å². The lowest BCUT2D eigenvalue weighted by molar-refractivity contribution is 0.932. The average Bonchev–Trinajstić information content (AvgIpc) is 2.78. The van der Waals surface area contributed by atoms with Gasteiger partial charge < -0.3 is 0 Å². The van der Waals surface area contributed by atoms with Crippen molar-refractivity contribution in [3.8, 4) is 17.5 Å². The number of aromatic nitrogens is 2. The second kappa shape index (κ2) is 3.76. The Balaban J connectivity index is 2.35. The van der Waals surface area contributed by atoms with Crippen LogP contribution < -0.4 is 0 Å². The minimum absolute atomic E-state index is 0.842. The summed E-state index contributed by atoms with van der Waals surface area (Å²) in [5.41, 5.74) is 2.72. The summed E-state index contributed by atoms with van der Waals surface area (Å²) in [5, 5.41) is 14.4. The van der Waals surface area contributed by atoms with Gasteiger partial charge in [0.2, 0.25) is 6.19 Å². The molecule has 0 fully saturated rings. The topological polar surface area (TPSA) is 41.6 Å². The Kier molecular flexibility index (Phi) is 2.13. The first-order valence-corrected chi connectivity index (χ1v) is 5.33. The number of para-hydroxylation sites is 1. The maximum Gasteiger partial charge on any atom is 0.206 e. The van der Waals surface area contributed by atoms with Crippen LogP contribution in [0.2, 0.25) is 0 Å². The first-order valence-electron chi connectivity index (χ1n) is 5.33. The summed E-state index contributed by atoms with van der Waals surface area (Å²) in [6.45, 7) is 0. The number of fused-ring (bicyclic) bond motifs is 1. The molecule has 0 radical (unpaired) electrons. The molecule has 2 aromatic carbocycles. The van der Waals surface area contributed by atoms with Gasteiger partial charge >= 0.3 is 0 Å². The molecular weight excluding hydrogens is 210 g/mol. The molecule has 0 saturated heterocycles. The van der Waals surface area contributed by atoms with Gasteiger partial charge in [-0.2, -0.15) is 15.0 Å². The van der Waals surface area contributed by atoms with Gasteiger partial charge in [-0.15, -0.1) is 0 Å². The van der Waals surface area contributed by atoms with Gasteiger partial charge in [0.25, 0.3) is 0 Å². The molecule has 0 aliphatic carbocycles. The predicted molar refractivity (Wildman–Crippen MR) is 66.2 cm³/mol. The smallest absolute Gasteiger partial charge is 0.170 e. The van der Waals surface area contributed by atoms with Crippen LogP contribution in [0.5, 0.6) is 0 Å². The van der Waals surface area contributed by atoms with E-state index in [0.717, 1.165) is 22.2 Å². The minimum Gasteiger partial charge on any atom is -0.170 e. The summed E-state index contributed by atoms with van der Waals surface area (Å²) in [5.74, 6) is 0. The van der Waals surface area contributed by atoms with Crippen molar-refractivity contribution in [3.63, 3.8) is 0 Å². The van der Waals surface area contributed by atoms with Gasteiger partial charge in [0.05, 0.1) is 5.52 Å². The van der Waals surface area contributed by atoms with Gasteiger partial charge in [-0.1, -0.05) is 48.5 Å².